The van der Waals surface area contributed by atoms with Crippen molar-refractivity contribution in [3.63, 3.8) is 0 Å². The quantitative estimate of drug-likeness (QED) is 0.889. The topological polar surface area (TPSA) is 69.6 Å². The third-order valence-corrected chi connectivity index (χ3v) is 3.81. The van der Waals surface area contributed by atoms with Crippen LogP contribution >= 0.6 is 0 Å². The number of carbonyl (C=O) groups excluding carboxylic acids is 2. The third-order valence-electron chi connectivity index (χ3n) is 3.81. The molecule has 0 bridgehead atoms. The lowest BCUT2D eigenvalue weighted by atomic mass is 10.0. The zero-order chi connectivity index (χ0) is 15.6. The molecule has 2 rings (SSSR count). The number of benzene rings is 1. The molecule has 2 atom stereocenters. The van der Waals surface area contributed by atoms with Gasteiger partial charge < -0.3 is 15.3 Å². The molecule has 1 aliphatic heterocycles. The van der Waals surface area contributed by atoms with Crippen molar-refractivity contribution in [1.29, 1.82) is 0 Å². The van der Waals surface area contributed by atoms with Gasteiger partial charge in [0.15, 0.2) is 0 Å². The average Bonchev–Trinajstić information content (AvgIpc) is 2.50. The lowest BCUT2D eigenvalue weighted by Gasteiger charge is -2.30. The molecule has 1 saturated heterocycles. The molecule has 1 fully saturated rings. The van der Waals surface area contributed by atoms with E-state index in [2.05, 4.69) is 5.32 Å². The normalized spacial score (nSPS) is 23.1. The zero-order valence-corrected chi connectivity index (χ0v) is 12.7. The molecule has 0 spiro atoms. The molecule has 0 saturated carbocycles. The Bertz CT molecular complexity index is 542. The third kappa shape index (κ3) is 3.54. The highest BCUT2D eigenvalue weighted by molar-refractivity contribution is 5.90. The summed E-state index contributed by atoms with van der Waals surface area (Å²) >= 11 is 0. The van der Waals surface area contributed by atoms with Gasteiger partial charge in [-0.1, -0.05) is 26.0 Å². The molecule has 0 radical (unpaired) electrons. The van der Waals surface area contributed by atoms with Crippen molar-refractivity contribution in [2.45, 2.75) is 45.8 Å². The van der Waals surface area contributed by atoms with Gasteiger partial charge in [0, 0.05) is 19.0 Å². The van der Waals surface area contributed by atoms with E-state index < -0.39 is 6.04 Å². The van der Waals surface area contributed by atoms with E-state index in [0.717, 1.165) is 5.56 Å². The van der Waals surface area contributed by atoms with Crippen LogP contribution in [0.3, 0.4) is 0 Å². The number of hydrogen-bond acceptors (Lipinski definition) is 3. The minimum atomic E-state index is -0.486. The molecule has 5 nitrogen and oxygen atoms in total. The molecule has 1 heterocycles. The van der Waals surface area contributed by atoms with Crippen molar-refractivity contribution in [2.75, 3.05) is 0 Å². The van der Waals surface area contributed by atoms with Gasteiger partial charge >= 0.3 is 0 Å². The van der Waals surface area contributed by atoms with Crippen LogP contribution < -0.4 is 5.32 Å². The largest absolute Gasteiger partial charge is 0.508 e. The molecule has 114 valence electrons. The highest BCUT2D eigenvalue weighted by Crippen LogP contribution is 2.20. The second-order valence-corrected chi connectivity index (χ2v) is 5.98. The number of nitrogens with zero attached hydrogens (tertiary/aromatic N) is 1. The molecule has 0 aromatic heterocycles. The molecule has 2 amide bonds. The van der Waals surface area contributed by atoms with E-state index >= 15 is 0 Å². The molecule has 2 N–H and O–H groups in total. The van der Waals surface area contributed by atoms with Crippen LogP contribution in [0.4, 0.5) is 0 Å². The van der Waals surface area contributed by atoms with Gasteiger partial charge in [0.2, 0.25) is 11.8 Å². The van der Waals surface area contributed by atoms with Gasteiger partial charge in [0.25, 0.3) is 0 Å². The van der Waals surface area contributed by atoms with E-state index in [9.17, 15) is 14.7 Å². The fourth-order valence-corrected chi connectivity index (χ4v) is 2.61. The Morgan fingerprint density at radius 3 is 2.71 bits per heavy atom. The Morgan fingerprint density at radius 2 is 2.10 bits per heavy atom. The van der Waals surface area contributed by atoms with Gasteiger partial charge in [0.05, 0.1) is 0 Å². The van der Waals surface area contributed by atoms with Crippen molar-refractivity contribution < 1.29 is 14.7 Å². The smallest absolute Gasteiger partial charge is 0.245 e. The molecule has 21 heavy (non-hydrogen) atoms. The summed E-state index contributed by atoms with van der Waals surface area (Å²) in [5.41, 5.74) is 0.854. The van der Waals surface area contributed by atoms with Gasteiger partial charge in [-0.15, -0.1) is 0 Å². The van der Waals surface area contributed by atoms with Crippen LogP contribution in [0.2, 0.25) is 0 Å². The highest BCUT2D eigenvalue weighted by Gasteiger charge is 2.35. The van der Waals surface area contributed by atoms with Crippen molar-refractivity contribution in [3.8, 4) is 5.75 Å². The van der Waals surface area contributed by atoms with E-state index in [4.69, 9.17) is 0 Å². The summed E-state index contributed by atoms with van der Waals surface area (Å²) < 4.78 is 0. The van der Waals surface area contributed by atoms with Crippen LogP contribution in [0.1, 0.15) is 32.8 Å². The van der Waals surface area contributed by atoms with Gasteiger partial charge in [-0.2, -0.15) is 0 Å². The predicted octanol–water partition coefficient (Wildman–Crippen LogP) is 1.65. The maximum Gasteiger partial charge on any atom is 0.245 e. The first-order valence-corrected chi connectivity index (χ1v) is 7.26. The predicted molar refractivity (Wildman–Crippen MR) is 79.5 cm³/mol. The lowest BCUT2D eigenvalue weighted by Crippen LogP contribution is -2.48. The van der Waals surface area contributed by atoms with Crippen LogP contribution in [0.25, 0.3) is 0 Å². The molecular formula is C16H22N2O3. The van der Waals surface area contributed by atoms with Crippen molar-refractivity contribution in [2.24, 2.45) is 5.92 Å². The zero-order valence-electron chi connectivity index (χ0n) is 12.7. The summed E-state index contributed by atoms with van der Waals surface area (Å²) in [6.07, 6.45) is 0.299. The Labute approximate surface area is 125 Å². The summed E-state index contributed by atoms with van der Waals surface area (Å²) in [7, 11) is 0. The van der Waals surface area contributed by atoms with Crippen LogP contribution in [0.15, 0.2) is 24.3 Å². The van der Waals surface area contributed by atoms with E-state index in [1.54, 1.807) is 23.1 Å². The lowest BCUT2D eigenvalue weighted by molar-refractivity contribution is -0.136. The fourth-order valence-electron chi connectivity index (χ4n) is 2.61. The van der Waals surface area contributed by atoms with Crippen LogP contribution in [-0.2, 0) is 16.1 Å². The second kappa shape index (κ2) is 6.16. The molecule has 5 heteroatoms. The Hall–Kier alpha value is -2.04. The van der Waals surface area contributed by atoms with Gasteiger partial charge in [-0.25, -0.2) is 0 Å². The maximum absolute atomic E-state index is 12.7. The summed E-state index contributed by atoms with van der Waals surface area (Å²) in [6, 6.07) is 6.21. The fraction of sp³-hybridized carbons (Fsp3) is 0.500. The Morgan fingerprint density at radius 1 is 1.38 bits per heavy atom. The van der Waals surface area contributed by atoms with Crippen LogP contribution in [0.5, 0.6) is 5.75 Å². The van der Waals surface area contributed by atoms with E-state index in [1.165, 1.54) is 0 Å². The first kappa shape index (κ1) is 15.4. The number of rotatable bonds is 3. The Kier molecular flexibility index (Phi) is 4.50. The molecular weight excluding hydrogens is 268 g/mol. The molecule has 1 aliphatic rings. The minimum Gasteiger partial charge on any atom is -0.508 e. The molecule has 1 aromatic carbocycles. The number of hydrogen-bond donors (Lipinski definition) is 2. The molecule has 1 aromatic rings. The van der Waals surface area contributed by atoms with Gasteiger partial charge in [0.1, 0.15) is 11.8 Å². The summed E-state index contributed by atoms with van der Waals surface area (Å²) in [6.45, 7) is 6.12. The van der Waals surface area contributed by atoms with Crippen molar-refractivity contribution in [1.82, 2.24) is 10.2 Å². The van der Waals surface area contributed by atoms with Crippen molar-refractivity contribution in [3.05, 3.63) is 29.8 Å². The maximum atomic E-state index is 12.7. The number of amides is 2. The Balaban J connectivity index is 2.25. The van der Waals surface area contributed by atoms with E-state index in [-0.39, 0.29) is 29.5 Å². The molecule has 2 unspecified atom stereocenters. The van der Waals surface area contributed by atoms with Gasteiger partial charge in [-0.3, -0.25) is 9.59 Å². The number of carbonyl (C=O) groups is 2. The van der Waals surface area contributed by atoms with Crippen molar-refractivity contribution >= 4 is 11.8 Å². The van der Waals surface area contributed by atoms with E-state index in [1.807, 2.05) is 26.8 Å². The van der Waals surface area contributed by atoms with Crippen LogP contribution in [-0.4, -0.2) is 33.9 Å². The SMILES string of the molecule is CC(C)C1NC(=O)CC(C)N(Cc2cccc(O)c2)C1=O. The standard InChI is InChI=1S/C16H22N2O3/c1-10(2)15-16(21)18(11(3)7-14(20)17-15)9-12-5-4-6-13(19)8-12/h4-6,8,10-11,15,19H,7,9H2,1-3H3,(H,17,20). The second-order valence-electron chi connectivity index (χ2n) is 5.98. The minimum absolute atomic E-state index is 0.0402. The summed E-state index contributed by atoms with van der Waals surface area (Å²) in [5, 5.41) is 12.3. The van der Waals surface area contributed by atoms with E-state index in [0.29, 0.717) is 13.0 Å². The first-order chi connectivity index (χ1) is 9.88. The number of aromatic hydroxyl groups is 1. The molecule has 0 aliphatic carbocycles. The summed E-state index contributed by atoms with van der Waals surface area (Å²) in [5.74, 6) is 0.0649. The summed E-state index contributed by atoms with van der Waals surface area (Å²) in [4.78, 5) is 26.3. The van der Waals surface area contributed by atoms with Crippen LogP contribution in [0, 0.1) is 5.92 Å². The monoisotopic (exact) mass is 290 g/mol. The first-order valence-electron chi connectivity index (χ1n) is 7.26. The number of phenolic OH excluding ortho intramolecular Hbond substituents is 1. The van der Waals surface area contributed by atoms with Gasteiger partial charge in [-0.05, 0) is 30.5 Å². The number of nitrogens with one attached hydrogen (secondary N) is 1. The number of phenols is 1. The average molecular weight is 290 g/mol. The highest BCUT2D eigenvalue weighted by atomic mass is 16.3.